The van der Waals surface area contributed by atoms with Gasteiger partial charge in [-0.25, -0.2) is 9.37 Å². The maximum atomic E-state index is 13.1. The van der Waals surface area contributed by atoms with Gasteiger partial charge in [0.1, 0.15) is 5.82 Å². The van der Waals surface area contributed by atoms with E-state index < -0.39 is 0 Å². The van der Waals surface area contributed by atoms with Crippen LogP contribution >= 0.6 is 11.3 Å². The largest absolute Gasteiger partial charge is 0.356 e. The maximum absolute atomic E-state index is 13.1. The van der Waals surface area contributed by atoms with Gasteiger partial charge in [0.25, 0.3) is 0 Å². The standard InChI is InChI=1S/C15H19FN4S/c1-11-20-14(10-21-11)6-7-18-15(17-2)19-9-12-4-3-5-13(16)8-12/h3-5,8,10H,6-7,9H2,1-2H3,(H2,17,18,19). The zero-order valence-corrected chi connectivity index (χ0v) is 13.0. The molecule has 0 fully saturated rings. The first-order valence-electron chi connectivity index (χ1n) is 6.77. The van der Waals surface area contributed by atoms with Gasteiger partial charge in [0.2, 0.25) is 0 Å². The van der Waals surface area contributed by atoms with E-state index in [0.717, 1.165) is 29.2 Å². The summed E-state index contributed by atoms with van der Waals surface area (Å²) in [5.74, 6) is 0.474. The Morgan fingerprint density at radius 1 is 1.38 bits per heavy atom. The van der Waals surface area contributed by atoms with Gasteiger partial charge in [-0.1, -0.05) is 12.1 Å². The van der Waals surface area contributed by atoms with Crippen LogP contribution in [0.25, 0.3) is 0 Å². The van der Waals surface area contributed by atoms with Gasteiger partial charge in [-0.2, -0.15) is 0 Å². The van der Waals surface area contributed by atoms with Crippen LogP contribution in [0.1, 0.15) is 16.3 Å². The number of thiazole rings is 1. The van der Waals surface area contributed by atoms with Gasteiger partial charge in [0.05, 0.1) is 10.7 Å². The lowest BCUT2D eigenvalue weighted by atomic mass is 10.2. The molecule has 1 aromatic carbocycles. The molecule has 0 radical (unpaired) electrons. The highest BCUT2D eigenvalue weighted by Crippen LogP contribution is 2.07. The van der Waals surface area contributed by atoms with Crippen molar-refractivity contribution >= 4 is 17.3 Å². The van der Waals surface area contributed by atoms with Crippen LogP contribution in [-0.4, -0.2) is 24.5 Å². The van der Waals surface area contributed by atoms with E-state index in [1.54, 1.807) is 24.5 Å². The first-order chi connectivity index (χ1) is 10.2. The van der Waals surface area contributed by atoms with E-state index in [4.69, 9.17) is 0 Å². The zero-order valence-electron chi connectivity index (χ0n) is 12.2. The SMILES string of the molecule is CN=C(NCCc1csc(C)n1)NCc1cccc(F)c1. The molecule has 0 unspecified atom stereocenters. The summed E-state index contributed by atoms with van der Waals surface area (Å²) < 4.78 is 13.1. The van der Waals surface area contributed by atoms with Crippen molar-refractivity contribution in [1.29, 1.82) is 0 Å². The smallest absolute Gasteiger partial charge is 0.191 e. The van der Waals surface area contributed by atoms with Gasteiger partial charge in [0.15, 0.2) is 5.96 Å². The van der Waals surface area contributed by atoms with Crippen molar-refractivity contribution in [3.8, 4) is 0 Å². The number of benzene rings is 1. The van der Waals surface area contributed by atoms with Crippen LogP contribution in [0.4, 0.5) is 4.39 Å². The van der Waals surface area contributed by atoms with E-state index in [0.29, 0.717) is 12.5 Å². The number of nitrogens with zero attached hydrogens (tertiary/aromatic N) is 2. The highest BCUT2D eigenvalue weighted by atomic mass is 32.1. The zero-order chi connectivity index (χ0) is 15.1. The third-order valence-electron chi connectivity index (χ3n) is 2.91. The molecule has 112 valence electrons. The van der Waals surface area contributed by atoms with Crippen molar-refractivity contribution in [1.82, 2.24) is 15.6 Å². The third-order valence-corrected chi connectivity index (χ3v) is 3.74. The van der Waals surface area contributed by atoms with E-state index in [-0.39, 0.29) is 5.82 Å². The van der Waals surface area contributed by atoms with Crippen molar-refractivity contribution in [2.75, 3.05) is 13.6 Å². The lowest BCUT2D eigenvalue weighted by molar-refractivity contribution is 0.624. The van der Waals surface area contributed by atoms with Crippen LogP contribution in [0.3, 0.4) is 0 Å². The fourth-order valence-electron chi connectivity index (χ4n) is 1.89. The van der Waals surface area contributed by atoms with E-state index >= 15 is 0 Å². The van der Waals surface area contributed by atoms with Gasteiger partial charge < -0.3 is 10.6 Å². The maximum Gasteiger partial charge on any atom is 0.191 e. The normalized spacial score (nSPS) is 11.5. The van der Waals surface area contributed by atoms with Crippen LogP contribution < -0.4 is 10.6 Å². The van der Waals surface area contributed by atoms with Crippen molar-refractivity contribution in [3.63, 3.8) is 0 Å². The Morgan fingerprint density at radius 3 is 2.90 bits per heavy atom. The molecule has 2 aromatic rings. The van der Waals surface area contributed by atoms with Gasteiger partial charge in [0, 0.05) is 31.9 Å². The topological polar surface area (TPSA) is 49.3 Å². The number of nitrogens with one attached hydrogen (secondary N) is 2. The number of halogens is 1. The molecule has 4 nitrogen and oxygen atoms in total. The molecular weight excluding hydrogens is 287 g/mol. The Morgan fingerprint density at radius 2 is 2.24 bits per heavy atom. The first-order valence-corrected chi connectivity index (χ1v) is 7.65. The van der Waals surface area contributed by atoms with E-state index in [9.17, 15) is 4.39 Å². The lowest BCUT2D eigenvalue weighted by Gasteiger charge is -2.11. The monoisotopic (exact) mass is 306 g/mol. The number of aromatic nitrogens is 1. The van der Waals surface area contributed by atoms with Crippen LogP contribution in [0.15, 0.2) is 34.6 Å². The van der Waals surface area contributed by atoms with Crippen LogP contribution in [0, 0.1) is 12.7 Å². The highest BCUT2D eigenvalue weighted by molar-refractivity contribution is 7.09. The average Bonchev–Trinajstić information content (AvgIpc) is 2.88. The van der Waals surface area contributed by atoms with Crippen molar-refractivity contribution in [3.05, 3.63) is 51.7 Å². The highest BCUT2D eigenvalue weighted by Gasteiger charge is 2.01. The molecule has 0 saturated carbocycles. The van der Waals surface area contributed by atoms with Gasteiger partial charge in [-0.3, -0.25) is 4.99 Å². The molecule has 0 aliphatic carbocycles. The summed E-state index contributed by atoms with van der Waals surface area (Å²) in [5, 5.41) is 9.53. The summed E-state index contributed by atoms with van der Waals surface area (Å²) in [5.41, 5.74) is 1.97. The molecule has 6 heteroatoms. The van der Waals surface area contributed by atoms with Crippen LogP contribution in [0.2, 0.25) is 0 Å². The Kier molecular flexibility index (Phi) is 5.68. The molecule has 0 atom stereocenters. The minimum absolute atomic E-state index is 0.226. The fraction of sp³-hybridized carbons (Fsp3) is 0.333. The summed E-state index contributed by atoms with van der Waals surface area (Å²) in [6.45, 7) is 3.29. The van der Waals surface area contributed by atoms with Crippen molar-refractivity contribution in [2.24, 2.45) is 4.99 Å². The molecule has 2 N–H and O–H groups in total. The molecule has 0 bridgehead atoms. The molecule has 0 amide bonds. The minimum Gasteiger partial charge on any atom is -0.356 e. The summed E-state index contributed by atoms with van der Waals surface area (Å²) in [7, 11) is 1.72. The Hall–Kier alpha value is -1.95. The van der Waals surface area contributed by atoms with Gasteiger partial charge >= 0.3 is 0 Å². The minimum atomic E-state index is -0.226. The van der Waals surface area contributed by atoms with Crippen molar-refractivity contribution < 1.29 is 4.39 Å². The Balaban J connectivity index is 1.76. The van der Waals surface area contributed by atoms with E-state index in [2.05, 4.69) is 26.0 Å². The summed E-state index contributed by atoms with van der Waals surface area (Å²) in [6, 6.07) is 6.53. The Labute approximate surface area is 128 Å². The predicted octanol–water partition coefficient (Wildman–Crippen LogP) is 2.50. The number of aliphatic imine (C=N–C) groups is 1. The molecule has 0 aliphatic heterocycles. The second kappa shape index (κ2) is 7.73. The van der Waals surface area contributed by atoms with E-state index in [1.165, 1.54) is 12.1 Å². The molecule has 0 spiro atoms. The molecule has 1 aromatic heterocycles. The van der Waals surface area contributed by atoms with Crippen molar-refractivity contribution in [2.45, 2.75) is 19.9 Å². The molecule has 2 rings (SSSR count). The Bertz CT molecular complexity index is 609. The number of guanidine groups is 1. The number of hydrogen-bond acceptors (Lipinski definition) is 3. The quantitative estimate of drug-likeness (QED) is 0.659. The molecule has 1 heterocycles. The summed E-state index contributed by atoms with van der Waals surface area (Å²) >= 11 is 1.66. The van der Waals surface area contributed by atoms with Gasteiger partial charge in [-0.15, -0.1) is 11.3 Å². The fourth-order valence-corrected chi connectivity index (χ4v) is 2.53. The number of hydrogen-bond donors (Lipinski definition) is 2. The van der Waals surface area contributed by atoms with Crippen LogP contribution in [-0.2, 0) is 13.0 Å². The summed E-state index contributed by atoms with van der Waals surface area (Å²) in [6.07, 6.45) is 0.852. The number of aryl methyl sites for hydroxylation is 1. The summed E-state index contributed by atoms with van der Waals surface area (Å²) in [4.78, 5) is 8.56. The molecular formula is C15H19FN4S. The predicted molar refractivity (Wildman–Crippen MR) is 85.2 cm³/mol. The molecule has 0 aliphatic rings. The second-order valence-electron chi connectivity index (χ2n) is 4.59. The lowest BCUT2D eigenvalue weighted by Crippen LogP contribution is -2.37. The first kappa shape index (κ1) is 15.4. The van der Waals surface area contributed by atoms with Gasteiger partial charge in [-0.05, 0) is 24.6 Å². The second-order valence-corrected chi connectivity index (χ2v) is 5.65. The molecule has 0 saturated heterocycles. The average molecular weight is 306 g/mol. The van der Waals surface area contributed by atoms with E-state index in [1.807, 2.05) is 13.0 Å². The van der Waals surface area contributed by atoms with Crippen LogP contribution in [0.5, 0.6) is 0 Å². The number of rotatable bonds is 5. The molecule has 21 heavy (non-hydrogen) atoms. The third kappa shape index (κ3) is 5.15.